The average Bonchev–Trinajstić information content (AvgIpc) is 2.26. The average molecular weight is 189 g/mol. The van der Waals surface area contributed by atoms with Crippen molar-refractivity contribution in [3.05, 3.63) is 23.8 Å². The number of piperidine rings is 1. The first kappa shape index (κ1) is 8.36. The minimum Gasteiger partial charge on any atom is -0.313 e. The summed E-state index contributed by atoms with van der Waals surface area (Å²) in [5.41, 5.74) is 2.63. The number of hydrogen-bond acceptors (Lipinski definition) is 3. The minimum atomic E-state index is 0.683. The monoisotopic (exact) mass is 189 g/mol. The van der Waals surface area contributed by atoms with Crippen molar-refractivity contribution in [1.29, 1.82) is 0 Å². The fourth-order valence-electron chi connectivity index (χ4n) is 2.73. The van der Waals surface area contributed by atoms with Crippen molar-refractivity contribution in [3.8, 4) is 0 Å². The van der Waals surface area contributed by atoms with Crippen LogP contribution >= 0.6 is 0 Å². The number of hydrogen-bond donors (Lipinski definition) is 1. The maximum absolute atomic E-state index is 4.37. The largest absolute Gasteiger partial charge is 0.313 e. The number of nitrogens with one attached hydrogen (secondary N) is 1. The molecule has 0 radical (unpaired) electrons. The fraction of sp³-hybridized carbons (Fsp3) is 0.636. The number of nitrogens with zero attached hydrogens (tertiary/aromatic N) is 2. The first-order chi connectivity index (χ1) is 6.93. The Balaban J connectivity index is 1.91. The molecular formula is C11H15N3. The molecule has 2 aliphatic rings. The molecule has 74 valence electrons. The van der Waals surface area contributed by atoms with E-state index in [0.717, 1.165) is 18.8 Å². The van der Waals surface area contributed by atoms with Crippen LogP contribution in [-0.2, 0) is 12.8 Å². The molecule has 2 atom stereocenters. The van der Waals surface area contributed by atoms with Crippen molar-refractivity contribution < 1.29 is 0 Å². The van der Waals surface area contributed by atoms with Crippen molar-refractivity contribution in [3.63, 3.8) is 0 Å². The lowest BCUT2D eigenvalue weighted by molar-refractivity contribution is 0.260. The molecule has 0 spiro atoms. The molecule has 2 unspecified atom stereocenters. The topological polar surface area (TPSA) is 37.8 Å². The molecule has 2 heterocycles. The first-order valence-corrected chi connectivity index (χ1v) is 5.44. The van der Waals surface area contributed by atoms with Gasteiger partial charge in [0.15, 0.2) is 0 Å². The molecule has 3 nitrogen and oxygen atoms in total. The van der Waals surface area contributed by atoms with E-state index >= 15 is 0 Å². The van der Waals surface area contributed by atoms with E-state index < -0.39 is 0 Å². The molecule has 1 aliphatic carbocycles. The van der Waals surface area contributed by atoms with Gasteiger partial charge in [-0.05, 0) is 43.7 Å². The molecule has 1 aromatic rings. The van der Waals surface area contributed by atoms with Crippen LogP contribution in [0.5, 0.6) is 0 Å². The van der Waals surface area contributed by atoms with Crippen molar-refractivity contribution in [2.24, 2.45) is 5.92 Å². The van der Waals surface area contributed by atoms with Crippen molar-refractivity contribution >= 4 is 0 Å². The van der Waals surface area contributed by atoms with Gasteiger partial charge in [-0.1, -0.05) is 0 Å². The minimum absolute atomic E-state index is 0.683. The standard InChI is InChI=1S/C11H15N3/c1-2-8-4-11-9(6-12-7-14-11)5-10(8)13-3-1/h6-8,10,13H,1-5H2. The zero-order chi connectivity index (χ0) is 9.38. The summed E-state index contributed by atoms with van der Waals surface area (Å²) in [7, 11) is 0. The van der Waals surface area contributed by atoms with Crippen LogP contribution < -0.4 is 5.32 Å². The molecule has 0 saturated carbocycles. The molecule has 1 N–H and O–H groups in total. The second-order valence-corrected chi connectivity index (χ2v) is 4.37. The van der Waals surface area contributed by atoms with Gasteiger partial charge in [-0.3, -0.25) is 0 Å². The van der Waals surface area contributed by atoms with E-state index in [9.17, 15) is 0 Å². The van der Waals surface area contributed by atoms with Crippen LogP contribution in [0.3, 0.4) is 0 Å². The molecule has 0 bridgehead atoms. The van der Waals surface area contributed by atoms with E-state index in [4.69, 9.17) is 0 Å². The first-order valence-electron chi connectivity index (χ1n) is 5.44. The van der Waals surface area contributed by atoms with E-state index in [1.54, 1.807) is 6.33 Å². The summed E-state index contributed by atoms with van der Waals surface area (Å²) in [4.78, 5) is 8.47. The van der Waals surface area contributed by atoms with Crippen molar-refractivity contribution in [2.45, 2.75) is 31.7 Å². The summed E-state index contributed by atoms with van der Waals surface area (Å²) in [6.45, 7) is 1.18. The van der Waals surface area contributed by atoms with Gasteiger partial charge in [-0.25, -0.2) is 9.97 Å². The second-order valence-electron chi connectivity index (χ2n) is 4.37. The third kappa shape index (κ3) is 1.32. The number of fused-ring (bicyclic) bond motifs is 2. The zero-order valence-electron chi connectivity index (χ0n) is 8.24. The normalized spacial score (nSPS) is 30.6. The van der Waals surface area contributed by atoms with Crippen molar-refractivity contribution in [2.75, 3.05) is 6.54 Å². The van der Waals surface area contributed by atoms with Crippen LogP contribution in [0.15, 0.2) is 12.5 Å². The quantitative estimate of drug-likeness (QED) is 0.660. The third-order valence-corrected chi connectivity index (χ3v) is 3.50. The Labute approximate surface area is 84.0 Å². The van der Waals surface area contributed by atoms with Crippen LogP contribution in [0.4, 0.5) is 0 Å². The van der Waals surface area contributed by atoms with Crippen LogP contribution in [0, 0.1) is 5.92 Å². The fourth-order valence-corrected chi connectivity index (χ4v) is 2.73. The van der Waals surface area contributed by atoms with Gasteiger partial charge in [0.25, 0.3) is 0 Å². The lowest BCUT2D eigenvalue weighted by atomic mass is 9.78. The second kappa shape index (κ2) is 3.31. The highest BCUT2D eigenvalue weighted by molar-refractivity contribution is 5.22. The van der Waals surface area contributed by atoms with E-state index in [0.29, 0.717) is 6.04 Å². The van der Waals surface area contributed by atoms with E-state index in [1.807, 2.05) is 6.20 Å². The zero-order valence-corrected chi connectivity index (χ0v) is 8.24. The summed E-state index contributed by atoms with van der Waals surface area (Å²) in [6, 6.07) is 0.683. The Morgan fingerprint density at radius 1 is 1.36 bits per heavy atom. The van der Waals surface area contributed by atoms with Gasteiger partial charge in [0.2, 0.25) is 0 Å². The Morgan fingerprint density at radius 2 is 2.36 bits per heavy atom. The van der Waals surface area contributed by atoms with Crippen LogP contribution in [0.1, 0.15) is 24.1 Å². The highest BCUT2D eigenvalue weighted by Crippen LogP contribution is 2.29. The van der Waals surface area contributed by atoms with Gasteiger partial charge >= 0.3 is 0 Å². The summed E-state index contributed by atoms with van der Waals surface area (Å²) >= 11 is 0. The third-order valence-electron chi connectivity index (χ3n) is 3.50. The predicted molar refractivity (Wildman–Crippen MR) is 54.0 cm³/mol. The smallest absolute Gasteiger partial charge is 0.115 e. The van der Waals surface area contributed by atoms with Gasteiger partial charge in [0, 0.05) is 17.9 Å². The maximum Gasteiger partial charge on any atom is 0.115 e. The Kier molecular flexibility index (Phi) is 1.98. The molecule has 14 heavy (non-hydrogen) atoms. The lowest BCUT2D eigenvalue weighted by Gasteiger charge is -2.36. The predicted octanol–water partition coefficient (Wildman–Crippen LogP) is 0.943. The van der Waals surface area contributed by atoms with Gasteiger partial charge < -0.3 is 5.32 Å². The van der Waals surface area contributed by atoms with Crippen LogP contribution in [0.25, 0.3) is 0 Å². The molecule has 3 rings (SSSR count). The summed E-state index contributed by atoms with van der Waals surface area (Å²) < 4.78 is 0. The van der Waals surface area contributed by atoms with Gasteiger partial charge in [0.05, 0.1) is 0 Å². The van der Waals surface area contributed by atoms with E-state index in [1.165, 1.54) is 30.6 Å². The van der Waals surface area contributed by atoms with E-state index in [-0.39, 0.29) is 0 Å². The van der Waals surface area contributed by atoms with E-state index in [2.05, 4.69) is 15.3 Å². The summed E-state index contributed by atoms with van der Waals surface area (Å²) in [5, 5.41) is 3.61. The van der Waals surface area contributed by atoms with Crippen molar-refractivity contribution in [1.82, 2.24) is 15.3 Å². The summed E-state index contributed by atoms with van der Waals surface area (Å²) in [5.74, 6) is 0.811. The Hall–Kier alpha value is -0.960. The van der Waals surface area contributed by atoms with Crippen LogP contribution in [-0.4, -0.2) is 22.6 Å². The Bertz CT molecular complexity index is 304. The Morgan fingerprint density at radius 3 is 3.36 bits per heavy atom. The summed E-state index contributed by atoms with van der Waals surface area (Å²) in [6.07, 6.45) is 8.61. The number of aromatic nitrogens is 2. The lowest BCUT2D eigenvalue weighted by Crippen LogP contribution is -2.46. The molecular weight excluding hydrogens is 174 g/mol. The molecule has 1 aliphatic heterocycles. The molecule has 0 aromatic carbocycles. The highest BCUT2D eigenvalue weighted by atomic mass is 14.9. The maximum atomic E-state index is 4.37. The molecule has 1 aromatic heterocycles. The SMILES string of the molecule is c1ncc2c(n1)CC1CCCNC1C2. The molecule has 1 saturated heterocycles. The molecule has 1 fully saturated rings. The molecule has 3 heteroatoms. The van der Waals surface area contributed by atoms with Crippen LogP contribution in [0.2, 0.25) is 0 Å². The highest BCUT2D eigenvalue weighted by Gasteiger charge is 2.30. The molecule has 0 amide bonds. The number of rotatable bonds is 0. The van der Waals surface area contributed by atoms with Gasteiger partial charge in [-0.2, -0.15) is 0 Å². The van der Waals surface area contributed by atoms with Gasteiger partial charge in [-0.15, -0.1) is 0 Å². The van der Waals surface area contributed by atoms with Gasteiger partial charge in [0.1, 0.15) is 6.33 Å².